The van der Waals surface area contributed by atoms with Gasteiger partial charge in [0, 0.05) is 12.3 Å². The maximum atomic E-state index is 12.7. The standard InChI is InChI=1S/C27H23N3O4/c31-27(29-28-18-24-13-7-8-14-30(24)32)23-15-25(33-19-21-9-3-1-4-10-21)17-26(16-23)34-20-22-11-5-2-6-12-22/h1-18,32H,19-20H2/b24-18-,29-28?. The highest BCUT2D eigenvalue weighted by Gasteiger charge is 2.11. The molecule has 0 unspecified atom stereocenters. The van der Waals surface area contributed by atoms with Crippen molar-refractivity contribution in [2.45, 2.75) is 13.2 Å². The van der Waals surface area contributed by atoms with Crippen LogP contribution in [0.5, 0.6) is 11.5 Å². The van der Waals surface area contributed by atoms with Crippen LogP contribution in [0.15, 0.2) is 125 Å². The maximum absolute atomic E-state index is 12.7. The van der Waals surface area contributed by atoms with Crippen LogP contribution >= 0.6 is 0 Å². The lowest BCUT2D eigenvalue weighted by atomic mass is 10.2. The summed E-state index contributed by atoms with van der Waals surface area (Å²) in [5.74, 6) is 0.396. The van der Waals surface area contributed by atoms with Crippen LogP contribution in [0.1, 0.15) is 21.5 Å². The van der Waals surface area contributed by atoms with Gasteiger partial charge in [-0.3, -0.25) is 10.0 Å². The second kappa shape index (κ2) is 11.4. The van der Waals surface area contributed by atoms with Crippen LogP contribution in [-0.4, -0.2) is 16.2 Å². The average Bonchev–Trinajstić information content (AvgIpc) is 2.88. The molecule has 34 heavy (non-hydrogen) atoms. The first-order chi connectivity index (χ1) is 16.7. The smallest absolute Gasteiger partial charge is 0.295 e. The zero-order chi connectivity index (χ0) is 23.6. The number of hydroxylamine groups is 2. The van der Waals surface area contributed by atoms with Crippen LogP contribution in [0.2, 0.25) is 0 Å². The minimum absolute atomic E-state index is 0.274. The lowest BCUT2D eigenvalue weighted by molar-refractivity contribution is -0.000530. The SMILES string of the molecule is O=C(N=N/C=C1/C=CC=CN1O)c1cc(OCc2ccccc2)cc(OCc2ccccc2)c1. The van der Waals surface area contributed by atoms with E-state index < -0.39 is 5.91 Å². The zero-order valence-corrected chi connectivity index (χ0v) is 18.3. The molecule has 3 aromatic carbocycles. The number of rotatable bonds is 8. The fourth-order valence-electron chi connectivity index (χ4n) is 3.09. The van der Waals surface area contributed by atoms with Gasteiger partial charge in [0.15, 0.2) is 0 Å². The molecule has 0 saturated heterocycles. The van der Waals surface area contributed by atoms with Crippen molar-refractivity contribution in [2.24, 2.45) is 10.2 Å². The number of carbonyl (C=O) groups excluding carboxylic acids is 1. The summed E-state index contributed by atoms with van der Waals surface area (Å²) in [7, 11) is 0. The Hall–Kier alpha value is -4.49. The molecule has 1 amide bonds. The van der Waals surface area contributed by atoms with E-state index >= 15 is 0 Å². The quantitative estimate of drug-likeness (QED) is 0.420. The summed E-state index contributed by atoms with van der Waals surface area (Å²) < 4.78 is 11.8. The number of carbonyl (C=O) groups is 1. The summed E-state index contributed by atoms with van der Waals surface area (Å²) in [6, 6.07) is 24.4. The highest BCUT2D eigenvalue weighted by molar-refractivity contribution is 5.95. The number of hydrogen-bond acceptors (Lipinski definition) is 6. The normalized spacial score (nSPS) is 14.0. The number of nitrogens with zero attached hydrogens (tertiary/aromatic N) is 3. The van der Waals surface area contributed by atoms with Gasteiger partial charge in [-0.15, -0.1) is 5.11 Å². The topological polar surface area (TPSA) is 83.7 Å². The summed E-state index contributed by atoms with van der Waals surface area (Å²) in [5, 5.41) is 18.2. The van der Waals surface area contributed by atoms with Gasteiger partial charge in [-0.25, -0.2) is 5.06 Å². The second-order valence-corrected chi connectivity index (χ2v) is 7.36. The molecule has 0 bridgehead atoms. The fraction of sp³-hybridized carbons (Fsp3) is 0.0741. The summed E-state index contributed by atoms with van der Waals surface area (Å²) in [5.41, 5.74) is 2.66. The number of allylic oxidation sites excluding steroid dienone is 3. The van der Waals surface area contributed by atoms with Gasteiger partial charge in [-0.2, -0.15) is 5.11 Å². The molecule has 7 nitrogen and oxygen atoms in total. The highest BCUT2D eigenvalue weighted by Crippen LogP contribution is 2.25. The van der Waals surface area contributed by atoms with Crippen molar-refractivity contribution in [3.05, 3.63) is 132 Å². The lowest BCUT2D eigenvalue weighted by Gasteiger charge is -2.13. The first kappa shape index (κ1) is 22.7. The largest absolute Gasteiger partial charge is 0.489 e. The first-order valence-corrected chi connectivity index (χ1v) is 10.6. The molecular weight excluding hydrogens is 430 g/mol. The molecule has 0 saturated carbocycles. The number of amides is 1. The van der Waals surface area contributed by atoms with E-state index in [0.29, 0.717) is 30.4 Å². The summed E-state index contributed by atoms with van der Waals surface area (Å²) in [6.07, 6.45) is 7.78. The zero-order valence-electron chi connectivity index (χ0n) is 18.3. The van der Waals surface area contributed by atoms with Crippen molar-refractivity contribution in [3.63, 3.8) is 0 Å². The van der Waals surface area contributed by atoms with Gasteiger partial charge in [0.25, 0.3) is 5.91 Å². The molecule has 0 spiro atoms. The monoisotopic (exact) mass is 453 g/mol. The molecular formula is C27H23N3O4. The van der Waals surface area contributed by atoms with Gasteiger partial charge in [0.05, 0.1) is 17.5 Å². The molecule has 0 fully saturated rings. The van der Waals surface area contributed by atoms with E-state index in [2.05, 4.69) is 10.2 Å². The Morgan fingerprint density at radius 2 is 1.44 bits per heavy atom. The summed E-state index contributed by atoms with van der Waals surface area (Å²) in [4.78, 5) is 12.7. The van der Waals surface area contributed by atoms with Gasteiger partial charge in [0.1, 0.15) is 24.7 Å². The van der Waals surface area contributed by atoms with Crippen molar-refractivity contribution in [3.8, 4) is 11.5 Å². The van der Waals surface area contributed by atoms with Gasteiger partial charge in [-0.05, 0) is 35.4 Å². The molecule has 1 aliphatic heterocycles. The van der Waals surface area contributed by atoms with E-state index in [1.165, 1.54) is 12.4 Å². The predicted molar refractivity (Wildman–Crippen MR) is 127 cm³/mol. The molecule has 0 radical (unpaired) electrons. The van der Waals surface area contributed by atoms with E-state index in [1.807, 2.05) is 60.7 Å². The molecule has 7 heteroatoms. The molecule has 170 valence electrons. The number of azo groups is 1. The molecule has 0 atom stereocenters. The van der Waals surface area contributed by atoms with Crippen LogP contribution in [0.25, 0.3) is 0 Å². The first-order valence-electron chi connectivity index (χ1n) is 10.6. The van der Waals surface area contributed by atoms with Gasteiger partial charge < -0.3 is 9.47 Å². The van der Waals surface area contributed by atoms with Crippen LogP contribution in [0, 0.1) is 0 Å². The molecule has 1 N–H and O–H groups in total. The van der Waals surface area contributed by atoms with E-state index in [0.717, 1.165) is 16.2 Å². The summed E-state index contributed by atoms with van der Waals surface area (Å²) in [6.45, 7) is 0.687. The van der Waals surface area contributed by atoms with Gasteiger partial charge >= 0.3 is 0 Å². The average molecular weight is 453 g/mol. The van der Waals surface area contributed by atoms with Crippen LogP contribution in [0.4, 0.5) is 0 Å². The number of hydrogen-bond donors (Lipinski definition) is 1. The lowest BCUT2D eigenvalue weighted by Crippen LogP contribution is -2.10. The predicted octanol–water partition coefficient (Wildman–Crippen LogP) is 6.05. The molecule has 4 rings (SSSR count). The molecule has 3 aromatic rings. The number of ether oxygens (including phenoxy) is 2. The van der Waals surface area contributed by atoms with Gasteiger partial charge in [-0.1, -0.05) is 66.7 Å². The molecule has 0 aromatic heterocycles. The highest BCUT2D eigenvalue weighted by atomic mass is 16.5. The Bertz CT molecular complexity index is 1170. The third-order valence-electron chi connectivity index (χ3n) is 4.83. The van der Waals surface area contributed by atoms with E-state index in [4.69, 9.17) is 9.47 Å². The second-order valence-electron chi connectivity index (χ2n) is 7.36. The third-order valence-corrected chi connectivity index (χ3v) is 4.83. The Balaban J connectivity index is 1.52. The maximum Gasteiger partial charge on any atom is 0.295 e. The minimum atomic E-state index is -0.564. The molecule has 0 aliphatic carbocycles. The Morgan fingerprint density at radius 3 is 2.00 bits per heavy atom. The van der Waals surface area contributed by atoms with Crippen molar-refractivity contribution in [1.29, 1.82) is 0 Å². The minimum Gasteiger partial charge on any atom is -0.489 e. The van der Waals surface area contributed by atoms with E-state index in [1.54, 1.807) is 36.4 Å². The molecule has 1 heterocycles. The van der Waals surface area contributed by atoms with Crippen molar-refractivity contribution in [2.75, 3.05) is 0 Å². The van der Waals surface area contributed by atoms with E-state index in [9.17, 15) is 10.0 Å². The van der Waals surface area contributed by atoms with Crippen molar-refractivity contribution in [1.82, 2.24) is 5.06 Å². The van der Waals surface area contributed by atoms with Crippen molar-refractivity contribution >= 4 is 5.91 Å². The van der Waals surface area contributed by atoms with Crippen LogP contribution < -0.4 is 9.47 Å². The van der Waals surface area contributed by atoms with Crippen LogP contribution in [0.3, 0.4) is 0 Å². The van der Waals surface area contributed by atoms with E-state index in [-0.39, 0.29) is 5.56 Å². The van der Waals surface area contributed by atoms with Crippen molar-refractivity contribution < 1.29 is 19.5 Å². The fourth-order valence-corrected chi connectivity index (χ4v) is 3.09. The Morgan fingerprint density at radius 1 is 0.853 bits per heavy atom. The third kappa shape index (κ3) is 6.51. The molecule has 1 aliphatic rings. The number of benzene rings is 3. The summed E-state index contributed by atoms with van der Waals surface area (Å²) >= 11 is 0. The van der Waals surface area contributed by atoms with Crippen LogP contribution in [-0.2, 0) is 13.2 Å². The Kier molecular flexibility index (Phi) is 7.61. The Labute approximate surface area is 197 Å². The van der Waals surface area contributed by atoms with Gasteiger partial charge in [0.2, 0.25) is 0 Å².